The SMILES string of the molecule is CC(CN1CCOCC1)Nc1cc(NN)nc(C(C)C)n1. The third kappa shape index (κ3) is 4.80. The average molecular weight is 294 g/mol. The topological polar surface area (TPSA) is 88.3 Å². The number of nitrogen functional groups attached to an aromatic ring is 1. The van der Waals surface area contributed by atoms with Gasteiger partial charge in [-0.15, -0.1) is 0 Å². The molecule has 4 N–H and O–H groups in total. The van der Waals surface area contributed by atoms with E-state index in [1.807, 2.05) is 6.07 Å². The normalized spacial score (nSPS) is 17.8. The maximum absolute atomic E-state index is 5.48. The highest BCUT2D eigenvalue weighted by Gasteiger charge is 2.15. The first kappa shape index (κ1) is 15.9. The predicted octanol–water partition coefficient (Wildman–Crippen LogP) is 1.02. The molecule has 1 aromatic heterocycles. The number of aromatic nitrogens is 2. The van der Waals surface area contributed by atoms with Crippen LogP contribution < -0.4 is 16.6 Å². The largest absolute Gasteiger partial charge is 0.379 e. The lowest BCUT2D eigenvalue weighted by Crippen LogP contribution is -2.42. The van der Waals surface area contributed by atoms with Gasteiger partial charge in [-0.3, -0.25) is 4.90 Å². The third-order valence-corrected chi connectivity index (χ3v) is 3.44. The molecule has 1 fully saturated rings. The number of nitrogens with zero attached hydrogens (tertiary/aromatic N) is 3. The Kier molecular flexibility index (Phi) is 5.72. The van der Waals surface area contributed by atoms with Crippen LogP contribution in [0, 0.1) is 0 Å². The van der Waals surface area contributed by atoms with Gasteiger partial charge in [-0.1, -0.05) is 13.8 Å². The minimum absolute atomic E-state index is 0.258. The lowest BCUT2D eigenvalue weighted by Gasteiger charge is -2.29. The van der Waals surface area contributed by atoms with E-state index in [4.69, 9.17) is 10.6 Å². The van der Waals surface area contributed by atoms with Crippen molar-refractivity contribution in [3.63, 3.8) is 0 Å². The number of ether oxygens (including phenoxy) is 1. The van der Waals surface area contributed by atoms with Crippen molar-refractivity contribution in [3.05, 3.63) is 11.9 Å². The van der Waals surface area contributed by atoms with Crippen LogP contribution in [0.15, 0.2) is 6.07 Å². The molecule has 0 saturated carbocycles. The monoisotopic (exact) mass is 294 g/mol. The summed E-state index contributed by atoms with van der Waals surface area (Å²) >= 11 is 0. The number of hydrogen-bond acceptors (Lipinski definition) is 7. The number of anilines is 2. The Bertz CT molecular complexity index is 447. The molecule has 21 heavy (non-hydrogen) atoms. The quantitative estimate of drug-likeness (QED) is 0.533. The highest BCUT2D eigenvalue weighted by Crippen LogP contribution is 2.17. The molecule has 1 aromatic rings. The lowest BCUT2D eigenvalue weighted by atomic mass is 10.2. The van der Waals surface area contributed by atoms with Gasteiger partial charge in [-0.25, -0.2) is 15.8 Å². The minimum Gasteiger partial charge on any atom is -0.379 e. The molecule has 1 aliphatic rings. The first-order valence-corrected chi connectivity index (χ1v) is 7.50. The van der Waals surface area contributed by atoms with Crippen molar-refractivity contribution in [2.45, 2.75) is 32.7 Å². The summed E-state index contributed by atoms with van der Waals surface area (Å²) in [6, 6.07) is 2.13. The van der Waals surface area contributed by atoms with E-state index in [1.54, 1.807) is 0 Å². The second-order valence-electron chi connectivity index (χ2n) is 5.75. The Morgan fingerprint density at radius 2 is 1.90 bits per heavy atom. The number of nitrogens with two attached hydrogens (primary N) is 1. The lowest BCUT2D eigenvalue weighted by molar-refractivity contribution is 0.0368. The fourth-order valence-electron chi connectivity index (χ4n) is 2.34. The van der Waals surface area contributed by atoms with Crippen LogP contribution in [0.2, 0.25) is 0 Å². The summed E-state index contributed by atoms with van der Waals surface area (Å²) in [4.78, 5) is 11.3. The molecule has 0 amide bonds. The first-order valence-electron chi connectivity index (χ1n) is 7.50. The van der Waals surface area contributed by atoms with Gasteiger partial charge in [-0.05, 0) is 6.92 Å². The Labute approximate surface area is 126 Å². The Balaban J connectivity index is 1.98. The van der Waals surface area contributed by atoms with Crippen LogP contribution in [-0.4, -0.2) is 53.8 Å². The number of morpholine rings is 1. The molecule has 118 valence electrons. The molecular weight excluding hydrogens is 268 g/mol. The van der Waals surface area contributed by atoms with Crippen molar-refractivity contribution in [3.8, 4) is 0 Å². The van der Waals surface area contributed by atoms with E-state index in [0.717, 1.165) is 44.5 Å². The van der Waals surface area contributed by atoms with Gasteiger partial charge < -0.3 is 15.5 Å². The minimum atomic E-state index is 0.258. The van der Waals surface area contributed by atoms with Crippen molar-refractivity contribution < 1.29 is 4.74 Å². The maximum Gasteiger partial charge on any atom is 0.145 e. The molecule has 1 unspecified atom stereocenters. The van der Waals surface area contributed by atoms with E-state index in [9.17, 15) is 0 Å². The summed E-state index contributed by atoms with van der Waals surface area (Å²) in [6.45, 7) is 10.9. The van der Waals surface area contributed by atoms with E-state index < -0.39 is 0 Å². The zero-order valence-electron chi connectivity index (χ0n) is 13.1. The standard InChI is InChI=1S/C14H26N6O/c1-10(2)14-17-12(8-13(18-14)19-15)16-11(3)9-20-4-6-21-7-5-20/h8,10-11H,4-7,9,15H2,1-3H3,(H2,16,17,18,19). The van der Waals surface area contributed by atoms with Gasteiger partial charge in [0.15, 0.2) is 0 Å². The smallest absolute Gasteiger partial charge is 0.145 e. The fourth-order valence-corrected chi connectivity index (χ4v) is 2.34. The van der Waals surface area contributed by atoms with Gasteiger partial charge in [0.25, 0.3) is 0 Å². The van der Waals surface area contributed by atoms with Crippen LogP contribution in [0.5, 0.6) is 0 Å². The Morgan fingerprint density at radius 1 is 1.24 bits per heavy atom. The molecule has 0 bridgehead atoms. The van der Waals surface area contributed by atoms with Crippen LogP contribution in [0.4, 0.5) is 11.6 Å². The van der Waals surface area contributed by atoms with Crippen molar-refractivity contribution in [2.75, 3.05) is 43.6 Å². The Hall–Kier alpha value is -1.44. The van der Waals surface area contributed by atoms with Crippen LogP contribution in [0.1, 0.15) is 32.5 Å². The van der Waals surface area contributed by atoms with Crippen molar-refractivity contribution >= 4 is 11.6 Å². The van der Waals surface area contributed by atoms with Crippen molar-refractivity contribution in [2.24, 2.45) is 5.84 Å². The summed E-state index contributed by atoms with van der Waals surface area (Å²) in [7, 11) is 0. The molecule has 7 heteroatoms. The van der Waals surface area contributed by atoms with Gasteiger partial charge in [0.05, 0.1) is 13.2 Å². The molecule has 1 aliphatic heterocycles. The fraction of sp³-hybridized carbons (Fsp3) is 0.714. The molecular formula is C14H26N6O. The number of hydrogen-bond donors (Lipinski definition) is 3. The number of nitrogens with one attached hydrogen (secondary N) is 2. The van der Waals surface area contributed by atoms with E-state index in [2.05, 4.69) is 46.4 Å². The number of hydrazine groups is 1. The molecule has 1 atom stereocenters. The second kappa shape index (κ2) is 7.53. The van der Waals surface area contributed by atoms with Gasteiger partial charge in [0.1, 0.15) is 17.5 Å². The maximum atomic E-state index is 5.48. The highest BCUT2D eigenvalue weighted by atomic mass is 16.5. The first-order chi connectivity index (χ1) is 10.1. The molecule has 0 aromatic carbocycles. The molecule has 0 aliphatic carbocycles. The highest BCUT2D eigenvalue weighted by molar-refractivity contribution is 5.47. The van der Waals surface area contributed by atoms with Crippen LogP contribution in [0.3, 0.4) is 0 Å². The zero-order valence-corrected chi connectivity index (χ0v) is 13.1. The zero-order chi connectivity index (χ0) is 15.2. The molecule has 0 spiro atoms. The van der Waals surface area contributed by atoms with Crippen LogP contribution >= 0.6 is 0 Å². The van der Waals surface area contributed by atoms with Gasteiger partial charge >= 0.3 is 0 Å². The summed E-state index contributed by atoms with van der Waals surface area (Å²) < 4.78 is 5.37. The third-order valence-electron chi connectivity index (χ3n) is 3.44. The van der Waals surface area contributed by atoms with Gasteiger partial charge in [-0.2, -0.15) is 0 Å². The average Bonchev–Trinajstić information content (AvgIpc) is 2.47. The molecule has 2 heterocycles. The summed E-state index contributed by atoms with van der Waals surface area (Å²) in [6.07, 6.45) is 0. The summed E-state index contributed by atoms with van der Waals surface area (Å²) in [5, 5.41) is 3.43. The van der Waals surface area contributed by atoms with Crippen molar-refractivity contribution in [1.82, 2.24) is 14.9 Å². The van der Waals surface area contributed by atoms with E-state index in [-0.39, 0.29) is 5.92 Å². The molecule has 0 radical (unpaired) electrons. The second-order valence-corrected chi connectivity index (χ2v) is 5.75. The van der Waals surface area contributed by atoms with Crippen LogP contribution in [-0.2, 0) is 4.74 Å². The predicted molar refractivity (Wildman–Crippen MR) is 84.3 cm³/mol. The van der Waals surface area contributed by atoms with Crippen LogP contribution in [0.25, 0.3) is 0 Å². The van der Waals surface area contributed by atoms with E-state index in [1.165, 1.54) is 0 Å². The van der Waals surface area contributed by atoms with Gasteiger partial charge in [0.2, 0.25) is 0 Å². The Morgan fingerprint density at radius 3 is 2.52 bits per heavy atom. The number of rotatable bonds is 6. The van der Waals surface area contributed by atoms with E-state index >= 15 is 0 Å². The molecule has 1 saturated heterocycles. The molecule has 2 rings (SSSR count). The van der Waals surface area contributed by atoms with E-state index in [0.29, 0.717) is 11.9 Å². The summed E-state index contributed by atoms with van der Waals surface area (Å²) in [5.41, 5.74) is 2.60. The van der Waals surface area contributed by atoms with Gasteiger partial charge in [0, 0.05) is 37.7 Å². The summed E-state index contributed by atoms with van der Waals surface area (Å²) in [5.74, 6) is 7.96. The molecule has 7 nitrogen and oxygen atoms in total. The van der Waals surface area contributed by atoms with Crippen molar-refractivity contribution in [1.29, 1.82) is 0 Å².